The topological polar surface area (TPSA) is 84.9 Å². The highest BCUT2D eigenvalue weighted by Gasteiger charge is 2.47. The summed E-state index contributed by atoms with van der Waals surface area (Å²) in [4.78, 5) is 38.5. The Kier molecular flexibility index (Phi) is 3.77. The van der Waals surface area contributed by atoms with Crippen molar-refractivity contribution in [3.05, 3.63) is 34.8 Å². The molecule has 2 unspecified atom stereocenters. The molecule has 4 rings (SSSR count). The van der Waals surface area contributed by atoms with Crippen molar-refractivity contribution in [1.29, 1.82) is 0 Å². The van der Waals surface area contributed by atoms with Crippen LogP contribution in [-0.2, 0) is 23.9 Å². The van der Waals surface area contributed by atoms with Crippen LogP contribution in [0.2, 0.25) is 0 Å². The van der Waals surface area contributed by atoms with Crippen molar-refractivity contribution in [2.75, 3.05) is 13.3 Å². The molecule has 3 amide bonds. The smallest absolute Gasteiger partial charge is 0.259 e. The van der Waals surface area contributed by atoms with Gasteiger partial charge in [0.05, 0.1) is 5.57 Å². The molecule has 0 bridgehead atoms. The first-order valence-electron chi connectivity index (χ1n) is 9.20. The average molecular weight is 372 g/mol. The van der Waals surface area contributed by atoms with Crippen LogP contribution >= 0.6 is 0 Å². The van der Waals surface area contributed by atoms with Crippen molar-refractivity contribution >= 4 is 17.7 Å². The number of amides is 3. The van der Waals surface area contributed by atoms with Crippen molar-refractivity contribution in [2.24, 2.45) is 10.8 Å². The first kappa shape index (κ1) is 17.8. The van der Waals surface area contributed by atoms with Crippen LogP contribution in [0.3, 0.4) is 0 Å². The fourth-order valence-electron chi connectivity index (χ4n) is 3.91. The summed E-state index contributed by atoms with van der Waals surface area (Å²) in [6.45, 7) is 8.90. The van der Waals surface area contributed by atoms with Crippen LogP contribution in [-0.4, -0.2) is 42.0 Å². The Labute approximate surface area is 158 Å². The number of rotatable bonds is 1. The zero-order valence-electron chi connectivity index (χ0n) is 16.0. The van der Waals surface area contributed by atoms with Gasteiger partial charge < -0.3 is 14.4 Å². The van der Waals surface area contributed by atoms with Gasteiger partial charge in [-0.3, -0.25) is 19.7 Å². The molecular weight excluding hydrogens is 348 g/mol. The highest BCUT2D eigenvalue weighted by molar-refractivity contribution is 6.07. The van der Waals surface area contributed by atoms with E-state index in [-0.39, 0.29) is 35.9 Å². The van der Waals surface area contributed by atoms with Gasteiger partial charge in [-0.25, -0.2) is 0 Å². The van der Waals surface area contributed by atoms with Crippen molar-refractivity contribution in [1.82, 2.24) is 10.2 Å². The maximum Gasteiger partial charge on any atom is 0.259 e. The second-order valence-electron chi connectivity index (χ2n) is 8.72. The molecule has 3 heterocycles. The summed E-state index contributed by atoms with van der Waals surface area (Å²) in [5.41, 5.74) is 0.828. The van der Waals surface area contributed by atoms with E-state index in [0.717, 1.165) is 5.57 Å². The van der Waals surface area contributed by atoms with E-state index in [0.29, 0.717) is 30.1 Å². The minimum Gasteiger partial charge on any atom is -0.454 e. The molecule has 7 nitrogen and oxygen atoms in total. The van der Waals surface area contributed by atoms with E-state index in [1.165, 1.54) is 0 Å². The third-order valence-electron chi connectivity index (χ3n) is 6.11. The molecule has 3 saturated heterocycles. The van der Waals surface area contributed by atoms with Gasteiger partial charge in [0.25, 0.3) is 5.91 Å². The summed E-state index contributed by atoms with van der Waals surface area (Å²) >= 11 is 0. The van der Waals surface area contributed by atoms with Gasteiger partial charge in [0.15, 0.2) is 11.5 Å². The number of carbonyl (C=O) groups excluding carboxylic acids is 3. The zero-order chi connectivity index (χ0) is 19.6. The SMILES string of the molecule is CC(C)(C)C1(C)C=C2CN(C3CCC(=O)NC3=O)C(=O)C2=C2OCOC2=C1. The molecule has 1 aliphatic carbocycles. The van der Waals surface area contributed by atoms with Gasteiger partial charge >= 0.3 is 0 Å². The number of fused-ring (bicyclic) bond motifs is 2. The molecule has 0 saturated carbocycles. The van der Waals surface area contributed by atoms with E-state index in [4.69, 9.17) is 9.47 Å². The van der Waals surface area contributed by atoms with Gasteiger partial charge in [-0.1, -0.05) is 33.8 Å². The number of carbonyl (C=O) groups is 3. The van der Waals surface area contributed by atoms with E-state index >= 15 is 0 Å². The van der Waals surface area contributed by atoms with E-state index < -0.39 is 11.9 Å². The standard InChI is InChI=1S/C20H24N2O5/c1-19(2,3)20(4)7-11-9-22(12-5-6-14(23)21-17(12)24)18(25)15(11)16-13(8-20)26-10-27-16/h7-8,12H,5-6,9-10H2,1-4H3,(H,21,23,24). The Morgan fingerprint density at radius 3 is 2.59 bits per heavy atom. The minimum atomic E-state index is -0.647. The van der Waals surface area contributed by atoms with E-state index in [1.807, 2.05) is 6.08 Å². The number of hydrogen-bond donors (Lipinski definition) is 1. The van der Waals surface area contributed by atoms with Gasteiger partial charge in [-0.15, -0.1) is 0 Å². The molecule has 4 aliphatic rings. The minimum absolute atomic E-state index is 0.0733. The Hall–Kier alpha value is -2.57. The highest BCUT2D eigenvalue weighted by atomic mass is 16.7. The third-order valence-corrected chi connectivity index (χ3v) is 6.11. The van der Waals surface area contributed by atoms with E-state index in [9.17, 15) is 14.4 Å². The predicted molar refractivity (Wildman–Crippen MR) is 95.7 cm³/mol. The van der Waals surface area contributed by atoms with Crippen molar-refractivity contribution in [3.63, 3.8) is 0 Å². The number of ether oxygens (including phenoxy) is 2. The average Bonchev–Trinajstić information content (AvgIpc) is 3.08. The summed E-state index contributed by atoms with van der Waals surface area (Å²) in [6, 6.07) is -0.647. The van der Waals surface area contributed by atoms with Crippen LogP contribution < -0.4 is 5.32 Å². The molecule has 3 aliphatic heterocycles. The maximum absolute atomic E-state index is 13.2. The first-order chi connectivity index (χ1) is 12.6. The Morgan fingerprint density at radius 1 is 1.19 bits per heavy atom. The monoisotopic (exact) mass is 372 g/mol. The Bertz CT molecular complexity index is 845. The molecule has 0 spiro atoms. The van der Waals surface area contributed by atoms with E-state index in [2.05, 4.69) is 39.1 Å². The molecule has 1 N–H and O–H groups in total. The number of allylic oxidation sites excluding steroid dienone is 2. The summed E-state index contributed by atoms with van der Waals surface area (Å²) in [6.07, 6.45) is 4.69. The van der Waals surface area contributed by atoms with Crippen LogP contribution in [0.4, 0.5) is 0 Å². The summed E-state index contributed by atoms with van der Waals surface area (Å²) in [5.74, 6) is 0.0677. The van der Waals surface area contributed by atoms with Crippen molar-refractivity contribution < 1.29 is 23.9 Å². The van der Waals surface area contributed by atoms with Gasteiger partial charge in [0.2, 0.25) is 18.6 Å². The van der Waals surface area contributed by atoms with Gasteiger partial charge in [-0.2, -0.15) is 0 Å². The molecule has 7 heteroatoms. The van der Waals surface area contributed by atoms with Crippen LogP contribution in [0, 0.1) is 10.8 Å². The lowest BCUT2D eigenvalue weighted by atomic mass is 9.67. The molecule has 0 aromatic heterocycles. The largest absolute Gasteiger partial charge is 0.454 e. The fraction of sp³-hybridized carbons (Fsp3) is 0.550. The molecule has 0 aromatic rings. The van der Waals surface area contributed by atoms with Crippen molar-refractivity contribution in [2.45, 2.75) is 46.6 Å². The maximum atomic E-state index is 13.2. The lowest BCUT2D eigenvalue weighted by Gasteiger charge is -2.37. The second-order valence-corrected chi connectivity index (χ2v) is 8.72. The lowest BCUT2D eigenvalue weighted by molar-refractivity contribution is -0.142. The first-order valence-corrected chi connectivity index (χ1v) is 9.20. The fourth-order valence-corrected chi connectivity index (χ4v) is 3.91. The van der Waals surface area contributed by atoms with Gasteiger partial charge in [-0.05, 0) is 23.5 Å². The van der Waals surface area contributed by atoms with Gasteiger partial charge in [0.1, 0.15) is 6.04 Å². The van der Waals surface area contributed by atoms with Crippen LogP contribution in [0.1, 0.15) is 40.5 Å². The number of imide groups is 1. The molecular formula is C20H24N2O5. The molecule has 0 aromatic carbocycles. The molecule has 0 radical (unpaired) electrons. The van der Waals surface area contributed by atoms with Crippen LogP contribution in [0.15, 0.2) is 34.8 Å². The van der Waals surface area contributed by atoms with Crippen LogP contribution in [0.5, 0.6) is 0 Å². The number of nitrogens with one attached hydrogen (secondary N) is 1. The molecule has 2 atom stereocenters. The predicted octanol–water partition coefficient (Wildman–Crippen LogP) is 1.77. The molecule has 144 valence electrons. The summed E-state index contributed by atoms with van der Waals surface area (Å²) < 4.78 is 11.3. The van der Waals surface area contributed by atoms with Gasteiger partial charge in [0, 0.05) is 18.4 Å². The Morgan fingerprint density at radius 2 is 1.93 bits per heavy atom. The summed E-state index contributed by atoms with van der Waals surface area (Å²) in [5, 5.41) is 2.33. The molecule has 27 heavy (non-hydrogen) atoms. The number of nitrogens with zero attached hydrogens (tertiary/aromatic N) is 1. The number of piperidine rings is 1. The Balaban J connectivity index is 1.79. The number of likely N-dealkylation sites (tertiary alicyclic amines) is 1. The zero-order valence-corrected chi connectivity index (χ0v) is 16.0. The van der Waals surface area contributed by atoms with Crippen molar-refractivity contribution in [3.8, 4) is 0 Å². The lowest BCUT2D eigenvalue weighted by Crippen LogP contribution is -2.53. The number of hydrogen-bond acceptors (Lipinski definition) is 5. The highest BCUT2D eigenvalue weighted by Crippen LogP contribution is 2.49. The van der Waals surface area contributed by atoms with Crippen LogP contribution in [0.25, 0.3) is 0 Å². The van der Waals surface area contributed by atoms with E-state index in [1.54, 1.807) is 4.90 Å². The molecule has 3 fully saturated rings. The third kappa shape index (κ3) is 2.67. The normalized spacial score (nSPS) is 30.7. The quantitative estimate of drug-likeness (QED) is 0.709. The summed E-state index contributed by atoms with van der Waals surface area (Å²) in [7, 11) is 0. The second kappa shape index (κ2) is 5.71.